The zero-order valence-corrected chi connectivity index (χ0v) is 29.8. The van der Waals surface area contributed by atoms with Gasteiger partial charge in [0.15, 0.2) is 0 Å². The van der Waals surface area contributed by atoms with Crippen molar-refractivity contribution in [3.05, 3.63) is 30.1 Å². The second-order valence-electron chi connectivity index (χ2n) is 13.0. The lowest BCUT2D eigenvalue weighted by Gasteiger charge is -2.29. The van der Waals surface area contributed by atoms with E-state index >= 15 is 0 Å². The van der Waals surface area contributed by atoms with Gasteiger partial charge >= 0.3 is 0 Å². The average Bonchev–Trinajstić information content (AvgIpc) is 3.01. The smallest absolute Gasteiger partial charge is 0.252 e. The van der Waals surface area contributed by atoms with E-state index in [2.05, 4.69) is 31.9 Å². The van der Waals surface area contributed by atoms with Crippen molar-refractivity contribution in [2.45, 2.75) is 125 Å². The van der Waals surface area contributed by atoms with Crippen molar-refractivity contribution in [2.24, 2.45) is 17.8 Å². The third-order valence-electron chi connectivity index (χ3n) is 8.10. The molecule has 0 aromatic carbocycles. The molecule has 0 radical (unpaired) electrons. The maximum absolute atomic E-state index is 13.6. The van der Waals surface area contributed by atoms with Crippen molar-refractivity contribution in [3.8, 4) is 0 Å². The van der Waals surface area contributed by atoms with Gasteiger partial charge in [0.2, 0.25) is 36.0 Å². The van der Waals surface area contributed by atoms with Gasteiger partial charge in [-0.15, -0.1) is 0 Å². The molecule has 5 amide bonds. The number of nitrogens with zero attached hydrogens (tertiary/aromatic N) is 1. The first kappa shape index (κ1) is 41.3. The summed E-state index contributed by atoms with van der Waals surface area (Å²) < 4.78 is 0.819. The summed E-state index contributed by atoms with van der Waals surface area (Å²) in [5.41, 5.74) is 0.284. The molecule has 266 valence electrons. The standard InChI is InChI=1S/C34H59N7O6/c1-10-14-27(38-34(46)29(23(9)11-2)40-30(42)24-15-17-41(47)18-16-24)32(44)37-25(19-21(5)6)20-36-26(12-3)31(43)39-28(22(7)8)33(45)35-13-4/h15-18,21-23,25-29,36H,10-14,19-20H2,1-9H3,(H5-,35,37,38,39,40,42,43,44,45,46,47)/p+1/t23?,25?,26-,27-,28?,29?/m0/s1. The van der Waals surface area contributed by atoms with Crippen molar-refractivity contribution in [3.63, 3.8) is 0 Å². The molecule has 0 saturated carbocycles. The lowest BCUT2D eigenvalue weighted by Crippen LogP contribution is -2.58. The molecular formula is C34H60N7O6+. The highest BCUT2D eigenvalue weighted by atomic mass is 16.5. The number of likely N-dealkylation sites (N-methyl/N-ethyl adjacent to an activating group) is 1. The van der Waals surface area contributed by atoms with Crippen LogP contribution in [0.1, 0.15) is 105 Å². The predicted octanol–water partition coefficient (Wildman–Crippen LogP) is 1.82. The molecule has 0 saturated heterocycles. The van der Waals surface area contributed by atoms with Gasteiger partial charge in [-0.25, -0.2) is 0 Å². The number of hydrogen-bond acceptors (Lipinski definition) is 7. The van der Waals surface area contributed by atoms with Crippen molar-refractivity contribution in [2.75, 3.05) is 13.1 Å². The Morgan fingerprint density at radius 2 is 1.36 bits per heavy atom. The molecule has 6 atom stereocenters. The van der Waals surface area contributed by atoms with Crippen LogP contribution in [0.4, 0.5) is 0 Å². The van der Waals surface area contributed by atoms with Crippen molar-refractivity contribution in [1.29, 1.82) is 0 Å². The Morgan fingerprint density at radius 3 is 1.87 bits per heavy atom. The fourth-order valence-corrected chi connectivity index (χ4v) is 5.16. The Bertz CT molecular complexity index is 1140. The van der Waals surface area contributed by atoms with E-state index in [0.29, 0.717) is 45.2 Å². The highest BCUT2D eigenvalue weighted by Crippen LogP contribution is 2.12. The lowest BCUT2D eigenvalue weighted by atomic mass is 9.97. The lowest BCUT2D eigenvalue weighted by molar-refractivity contribution is -0.904. The molecule has 13 nitrogen and oxygen atoms in total. The number of rotatable bonds is 21. The Kier molecular flexibility index (Phi) is 18.6. The normalized spacial score (nSPS) is 15.1. The molecule has 0 spiro atoms. The molecule has 0 fully saturated rings. The van der Waals surface area contributed by atoms with Gasteiger partial charge in [0.1, 0.15) is 18.1 Å². The van der Waals surface area contributed by atoms with Gasteiger partial charge in [-0.3, -0.25) is 29.2 Å². The maximum Gasteiger partial charge on any atom is 0.252 e. The number of pyridine rings is 1. The van der Waals surface area contributed by atoms with E-state index in [9.17, 15) is 29.2 Å². The van der Waals surface area contributed by atoms with E-state index < -0.39 is 36.0 Å². The largest absolute Gasteiger partial charge is 0.355 e. The molecule has 0 aliphatic carbocycles. The first-order valence-corrected chi connectivity index (χ1v) is 17.1. The third kappa shape index (κ3) is 14.3. The van der Waals surface area contributed by atoms with Crippen molar-refractivity contribution >= 4 is 29.5 Å². The number of carbonyl (C=O) groups is 5. The molecule has 0 bridgehead atoms. The third-order valence-corrected chi connectivity index (χ3v) is 8.10. The number of amides is 5. The fourth-order valence-electron chi connectivity index (χ4n) is 5.16. The molecule has 4 unspecified atom stereocenters. The van der Waals surface area contributed by atoms with Crippen LogP contribution in [0.15, 0.2) is 24.5 Å². The summed E-state index contributed by atoms with van der Waals surface area (Å²) in [6.07, 6.45) is 5.40. The van der Waals surface area contributed by atoms with Gasteiger partial charge in [0, 0.05) is 36.0 Å². The van der Waals surface area contributed by atoms with E-state index in [1.165, 1.54) is 24.5 Å². The Balaban J connectivity index is 3.03. The maximum atomic E-state index is 13.6. The minimum Gasteiger partial charge on any atom is -0.355 e. The van der Waals surface area contributed by atoms with Crippen LogP contribution in [0, 0.1) is 17.8 Å². The van der Waals surface area contributed by atoms with Crippen molar-refractivity contribution < 1.29 is 33.9 Å². The van der Waals surface area contributed by atoms with E-state index in [0.717, 1.165) is 4.73 Å². The van der Waals surface area contributed by atoms with Gasteiger partial charge in [0.25, 0.3) is 5.91 Å². The molecule has 1 aromatic rings. The van der Waals surface area contributed by atoms with Gasteiger partial charge in [0.05, 0.1) is 11.6 Å². The molecule has 13 heteroatoms. The summed E-state index contributed by atoms with van der Waals surface area (Å²) in [4.78, 5) is 65.7. The molecule has 0 aliphatic heterocycles. The number of aromatic nitrogens is 1. The topological polar surface area (TPSA) is 182 Å². The molecule has 0 aliphatic rings. The summed E-state index contributed by atoms with van der Waals surface area (Å²) in [5.74, 6) is -1.85. The number of carbonyl (C=O) groups excluding carboxylic acids is 5. The minimum absolute atomic E-state index is 0.0955. The highest BCUT2D eigenvalue weighted by molar-refractivity contribution is 5.98. The zero-order valence-electron chi connectivity index (χ0n) is 29.8. The van der Waals surface area contributed by atoms with Crippen LogP contribution in [0.25, 0.3) is 0 Å². The van der Waals surface area contributed by atoms with Crippen LogP contribution in [0.5, 0.6) is 0 Å². The molecule has 1 heterocycles. The van der Waals surface area contributed by atoms with Crippen LogP contribution in [-0.4, -0.2) is 78.0 Å². The summed E-state index contributed by atoms with van der Waals surface area (Å²) in [7, 11) is 0. The summed E-state index contributed by atoms with van der Waals surface area (Å²) in [5, 5.41) is 27.1. The number of nitrogens with one attached hydrogen (secondary N) is 6. The molecule has 1 rings (SSSR count). The SMILES string of the molecule is CCC[C@H](NC(=O)C(NC(=O)c1cc[n+](O)cc1)C(C)CC)C(=O)NC(CN[C@@H](CC)C(=O)NC(C(=O)NCC)C(C)C)CC(C)C. The van der Waals surface area contributed by atoms with E-state index in [1.807, 2.05) is 62.3 Å². The number of hydrogen-bond donors (Lipinski definition) is 7. The fraction of sp³-hybridized carbons (Fsp3) is 0.706. The summed E-state index contributed by atoms with van der Waals surface area (Å²) in [6, 6.07) is -0.396. The predicted molar refractivity (Wildman–Crippen MR) is 180 cm³/mol. The zero-order chi connectivity index (χ0) is 35.7. The molecular weight excluding hydrogens is 602 g/mol. The second kappa shape index (κ2) is 21.2. The van der Waals surface area contributed by atoms with Crippen LogP contribution in [0.3, 0.4) is 0 Å². The Hall–Kier alpha value is -3.74. The van der Waals surface area contributed by atoms with Crippen molar-refractivity contribution in [1.82, 2.24) is 31.9 Å². The van der Waals surface area contributed by atoms with Gasteiger partial charge in [-0.05, 0) is 43.9 Å². The Labute approximate surface area is 280 Å². The quantitative estimate of drug-likeness (QED) is 0.0774. The van der Waals surface area contributed by atoms with Crippen LogP contribution >= 0.6 is 0 Å². The first-order valence-electron chi connectivity index (χ1n) is 17.1. The van der Waals surface area contributed by atoms with Gasteiger partial charge < -0.3 is 31.9 Å². The van der Waals surface area contributed by atoms with Gasteiger partial charge in [-0.1, -0.05) is 68.2 Å². The minimum atomic E-state index is -0.882. The average molecular weight is 663 g/mol. The van der Waals surface area contributed by atoms with E-state index in [-0.39, 0.29) is 47.1 Å². The highest BCUT2D eigenvalue weighted by Gasteiger charge is 2.32. The van der Waals surface area contributed by atoms with E-state index in [1.54, 1.807) is 0 Å². The summed E-state index contributed by atoms with van der Waals surface area (Å²) >= 11 is 0. The molecule has 1 aromatic heterocycles. The first-order chi connectivity index (χ1) is 22.2. The Morgan fingerprint density at radius 1 is 0.745 bits per heavy atom. The van der Waals surface area contributed by atoms with Crippen LogP contribution in [-0.2, 0) is 19.2 Å². The van der Waals surface area contributed by atoms with Crippen LogP contribution in [0.2, 0.25) is 0 Å². The molecule has 7 N–H and O–H groups in total. The monoisotopic (exact) mass is 662 g/mol. The van der Waals surface area contributed by atoms with Gasteiger partial charge in [-0.2, -0.15) is 0 Å². The van der Waals surface area contributed by atoms with Crippen LogP contribution < -0.4 is 36.6 Å². The second-order valence-corrected chi connectivity index (χ2v) is 13.0. The van der Waals surface area contributed by atoms with E-state index in [4.69, 9.17) is 0 Å². The summed E-state index contributed by atoms with van der Waals surface area (Å²) in [6.45, 7) is 18.0. The molecule has 47 heavy (non-hydrogen) atoms.